The maximum Gasteiger partial charge on any atom is 0.248 e. The fourth-order valence-electron chi connectivity index (χ4n) is 2.20. The van der Waals surface area contributed by atoms with Crippen LogP contribution in [0, 0.1) is 0 Å². The standard InChI is InChI=1S/C18H21NO3/c1-21-17-13-15(18(19)20)10-11-16(17)22-12-6-5-9-14-7-3-2-4-8-14/h2-4,7-8,10-11,13H,5-6,9,12H2,1H3,(H2,19,20). The van der Waals surface area contributed by atoms with E-state index in [0.29, 0.717) is 23.7 Å². The van der Waals surface area contributed by atoms with Crippen molar-refractivity contribution in [2.24, 2.45) is 5.73 Å². The molecule has 4 heteroatoms. The number of methoxy groups -OCH3 is 1. The maximum atomic E-state index is 11.1. The molecule has 0 aromatic heterocycles. The molecule has 116 valence electrons. The van der Waals surface area contributed by atoms with Crippen molar-refractivity contribution in [2.75, 3.05) is 13.7 Å². The van der Waals surface area contributed by atoms with E-state index in [4.69, 9.17) is 15.2 Å². The number of carbonyl (C=O) groups excluding carboxylic acids is 1. The molecule has 0 fully saturated rings. The second kappa shape index (κ2) is 8.08. The summed E-state index contributed by atoms with van der Waals surface area (Å²) >= 11 is 0. The Bertz CT molecular complexity index is 611. The van der Waals surface area contributed by atoms with Crippen LogP contribution in [0.4, 0.5) is 0 Å². The van der Waals surface area contributed by atoms with Gasteiger partial charge in [0.2, 0.25) is 5.91 Å². The van der Waals surface area contributed by atoms with Crippen LogP contribution in [-0.2, 0) is 6.42 Å². The summed E-state index contributed by atoms with van der Waals surface area (Å²) in [5.74, 6) is 0.680. The highest BCUT2D eigenvalue weighted by atomic mass is 16.5. The highest BCUT2D eigenvalue weighted by Crippen LogP contribution is 2.28. The number of primary amides is 1. The van der Waals surface area contributed by atoms with E-state index in [-0.39, 0.29) is 0 Å². The van der Waals surface area contributed by atoms with E-state index in [1.165, 1.54) is 5.56 Å². The Morgan fingerprint density at radius 3 is 2.50 bits per heavy atom. The molecule has 0 atom stereocenters. The highest BCUT2D eigenvalue weighted by Gasteiger charge is 2.08. The first-order valence-corrected chi connectivity index (χ1v) is 7.35. The second-order valence-electron chi connectivity index (χ2n) is 5.02. The molecule has 0 aliphatic rings. The average molecular weight is 299 g/mol. The van der Waals surface area contributed by atoms with Crippen molar-refractivity contribution >= 4 is 5.91 Å². The van der Waals surface area contributed by atoms with E-state index in [2.05, 4.69) is 24.3 Å². The molecular weight excluding hydrogens is 278 g/mol. The third-order valence-corrected chi connectivity index (χ3v) is 3.41. The lowest BCUT2D eigenvalue weighted by Gasteiger charge is -2.11. The van der Waals surface area contributed by atoms with Gasteiger partial charge in [-0.3, -0.25) is 4.79 Å². The summed E-state index contributed by atoms with van der Waals surface area (Å²) in [6, 6.07) is 15.4. The molecule has 2 rings (SSSR count). The molecule has 0 spiro atoms. The van der Waals surface area contributed by atoms with E-state index >= 15 is 0 Å². The molecule has 1 amide bonds. The largest absolute Gasteiger partial charge is 0.493 e. The number of carbonyl (C=O) groups is 1. The van der Waals surface area contributed by atoms with E-state index in [9.17, 15) is 4.79 Å². The van der Waals surface area contributed by atoms with Crippen LogP contribution in [0.3, 0.4) is 0 Å². The van der Waals surface area contributed by atoms with Crippen LogP contribution in [-0.4, -0.2) is 19.6 Å². The lowest BCUT2D eigenvalue weighted by atomic mass is 10.1. The lowest BCUT2D eigenvalue weighted by molar-refractivity contribution is 0.1000. The predicted molar refractivity (Wildman–Crippen MR) is 86.4 cm³/mol. The Labute approximate surface area is 130 Å². The molecule has 0 bridgehead atoms. The normalized spacial score (nSPS) is 10.2. The minimum atomic E-state index is -0.479. The summed E-state index contributed by atoms with van der Waals surface area (Å²) in [5.41, 5.74) is 7.00. The predicted octanol–water partition coefficient (Wildman–Crippen LogP) is 3.20. The van der Waals surface area contributed by atoms with E-state index < -0.39 is 5.91 Å². The summed E-state index contributed by atoms with van der Waals surface area (Å²) in [4.78, 5) is 11.1. The molecule has 0 saturated heterocycles. The van der Waals surface area contributed by atoms with Gasteiger partial charge in [0, 0.05) is 5.56 Å². The molecule has 0 unspecified atom stereocenters. The van der Waals surface area contributed by atoms with Gasteiger partial charge in [-0.2, -0.15) is 0 Å². The number of unbranched alkanes of at least 4 members (excludes halogenated alkanes) is 1. The lowest BCUT2D eigenvalue weighted by Crippen LogP contribution is -2.11. The average Bonchev–Trinajstić information content (AvgIpc) is 2.55. The highest BCUT2D eigenvalue weighted by molar-refractivity contribution is 5.93. The maximum absolute atomic E-state index is 11.1. The zero-order valence-electron chi connectivity index (χ0n) is 12.7. The smallest absolute Gasteiger partial charge is 0.248 e. The first-order valence-electron chi connectivity index (χ1n) is 7.35. The molecule has 0 aliphatic heterocycles. The van der Waals surface area contributed by atoms with Gasteiger partial charge in [0.05, 0.1) is 13.7 Å². The van der Waals surface area contributed by atoms with Crippen LogP contribution in [0.5, 0.6) is 11.5 Å². The van der Waals surface area contributed by atoms with E-state index in [1.807, 2.05) is 6.07 Å². The fraction of sp³-hybridized carbons (Fsp3) is 0.278. The van der Waals surface area contributed by atoms with Crippen molar-refractivity contribution in [3.05, 3.63) is 59.7 Å². The molecule has 2 N–H and O–H groups in total. The molecule has 2 aromatic rings. The van der Waals surface area contributed by atoms with Gasteiger partial charge < -0.3 is 15.2 Å². The first kappa shape index (κ1) is 15.9. The SMILES string of the molecule is COc1cc(C(N)=O)ccc1OCCCCc1ccccc1. The van der Waals surface area contributed by atoms with Gasteiger partial charge in [-0.15, -0.1) is 0 Å². The summed E-state index contributed by atoms with van der Waals surface area (Å²) in [6.45, 7) is 0.610. The van der Waals surface area contributed by atoms with Gasteiger partial charge >= 0.3 is 0 Å². The Hall–Kier alpha value is -2.49. The van der Waals surface area contributed by atoms with Crippen molar-refractivity contribution in [1.29, 1.82) is 0 Å². The van der Waals surface area contributed by atoms with Crippen molar-refractivity contribution in [3.8, 4) is 11.5 Å². The number of benzene rings is 2. The molecule has 0 heterocycles. The Morgan fingerprint density at radius 2 is 1.82 bits per heavy atom. The van der Waals surface area contributed by atoms with Crippen molar-refractivity contribution < 1.29 is 14.3 Å². The number of rotatable bonds is 8. The van der Waals surface area contributed by atoms with Crippen molar-refractivity contribution in [1.82, 2.24) is 0 Å². The fourth-order valence-corrected chi connectivity index (χ4v) is 2.20. The molecule has 0 radical (unpaired) electrons. The minimum absolute atomic E-state index is 0.410. The Balaban J connectivity index is 1.80. The van der Waals surface area contributed by atoms with Crippen LogP contribution in [0.25, 0.3) is 0 Å². The third-order valence-electron chi connectivity index (χ3n) is 3.41. The number of amides is 1. The van der Waals surface area contributed by atoms with Crippen LogP contribution in [0.1, 0.15) is 28.8 Å². The minimum Gasteiger partial charge on any atom is -0.493 e. The van der Waals surface area contributed by atoms with Gasteiger partial charge in [0.25, 0.3) is 0 Å². The van der Waals surface area contributed by atoms with Crippen LogP contribution in [0.2, 0.25) is 0 Å². The van der Waals surface area contributed by atoms with E-state index in [0.717, 1.165) is 19.3 Å². The van der Waals surface area contributed by atoms with Crippen molar-refractivity contribution in [3.63, 3.8) is 0 Å². The quantitative estimate of drug-likeness (QED) is 0.761. The summed E-state index contributed by atoms with van der Waals surface area (Å²) < 4.78 is 11.0. The van der Waals surface area contributed by atoms with Gasteiger partial charge in [0.1, 0.15) is 0 Å². The molecular formula is C18H21NO3. The summed E-state index contributed by atoms with van der Waals surface area (Å²) in [7, 11) is 1.54. The topological polar surface area (TPSA) is 61.5 Å². The van der Waals surface area contributed by atoms with Crippen LogP contribution in [0.15, 0.2) is 48.5 Å². The molecule has 22 heavy (non-hydrogen) atoms. The monoisotopic (exact) mass is 299 g/mol. The summed E-state index contributed by atoms with van der Waals surface area (Å²) in [6.07, 6.45) is 3.06. The Kier molecular flexibility index (Phi) is 5.83. The second-order valence-corrected chi connectivity index (χ2v) is 5.02. The third kappa shape index (κ3) is 4.52. The van der Waals surface area contributed by atoms with Crippen LogP contribution >= 0.6 is 0 Å². The van der Waals surface area contributed by atoms with Crippen molar-refractivity contribution in [2.45, 2.75) is 19.3 Å². The molecule has 4 nitrogen and oxygen atoms in total. The van der Waals surface area contributed by atoms with Crippen LogP contribution < -0.4 is 15.2 Å². The Morgan fingerprint density at radius 1 is 1.05 bits per heavy atom. The molecule has 0 aliphatic carbocycles. The number of ether oxygens (including phenoxy) is 2. The molecule has 0 saturated carbocycles. The van der Waals surface area contributed by atoms with Gasteiger partial charge in [-0.25, -0.2) is 0 Å². The van der Waals surface area contributed by atoms with E-state index in [1.54, 1.807) is 25.3 Å². The van der Waals surface area contributed by atoms with Gasteiger partial charge in [-0.05, 0) is 43.0 Å². The zero-order valence-corrected chi connectivity index (χ0v) is 12.7. The number of hydrogen-bond acceptors (Lipinski definition) is 3. The number of aryl methyl sites for hydroxylation is 1. The number of nitrogens with two attached hydrogens (primary N) is 1. The molecule has 2 aromatic carbocycles. The zero-order chi connectivity index (χ0) is 15.8. The van der Waals surface area contributed by atoms with Gasteiger partial charge in [-0.1, -0.05) is 30.3 Å². The van der Waals surface area contributed by atoms with Gasteiger partial charge in [0.15, 0.2) is 11.5 Å². The summed E-state index contributed by atoms with van der Waals surface area (Å²) in [5, 5.41) is 0. The number of hydrogen-bond donors (Lipinski definition) is 1. The first-order chi connectivity index (χ1) is 10.7.